The number of carbonyl (C=O) groups is 2. The smallest absolute Gasteiger partial charge is 0.485 e. The summed E-state index contributed by atoms with van der Waals surface area (Å²) < 4.78 is 59.5. The summed E-state index contributed by atoms with van der Waals surface area (Å²) >= 11 is 0. The first-order valence-corrected chi connectivity index (χ1v) is 13.8. The number of alkyl halides is 3. The van der Waals surface area contributed by atoms with Crippen LogP contribution >= 0.6 is 7.92 Å². The van der Waals surface area contributed by atoms with Gasteiger partial charge in [-0.25, -0.2) is 8.42 Å². The largest absolute Gasteiger partial charge is 0.741 e. The van der Waals surface area contributed by atoms with Crippen LogP contribution < -0.4 is 0 Å². The van der Waals surface area contributed by atoms with Gasteiger partial charge in [0.1, 0.15) is 14.2 Å². The summed E-state index contributed by atoms with van der Waals surface area (Å²) in [5, 5.41) is 0. The van der Waals surface area contributed by atoms with E-state index in [2.05, 4.69) is 0 Å². The maximum atomic E-state index is 13.7. The van der Waals surface area contributed by atoms with Crippen LogP contribution in [0.1, 0.15) is 54.1 Å². The van der Waals surface area contributed by atoms with E-state index in [0.717, 1.165) is 44.5 Å². The fourth-order valence-electron chi connectivity index (χ4n) is 3.95. The maximum Gasteiger partial charge on any atom is 0.485 e. The van der Waals surface area contributed by atoms with Crippen LogP contribution in [-0.2, 0) is 10.1 Å². The minimum absolute atomic E-state index is 0.00225. The summed E-state index contributed by atoms with van der Waals surface area (Å²) in [5.74, 6) is 0. The lowest BCUT2D eigenvalue weighted by Gasteiger charge is -2.29. The first kappa shape index (κ1) is 31.9. The molecule has 0 unspecified atom stereocenters. The van der Waals surface area contributed by atoms with Crippen molar-refractivity contribution in [3.63, 3.8) is 0 Å². The number of rotatable bonds is 6. The Balaban J connectivity index is 0.000000697. The van der Waals surface area contributed by atoms with Gasteiger partial charge in [-0.3, -0.25) is 9.59 Å². The number of quaternary nitrogens is 1. The normalized spacial score (nSPS) is 12.3. The van der Waals surface area contributed by atoms with E-state index in [4.69, 9.17) is 13.0 Å². The van der Waals surface area contributed by atoms with Gasteiger partial charge in [0.25, 0.3) is 0 Å². The van der Waals surface area contributed by atoms with E-state index in [1.165, 1.54) is 0 Å². The summed E-state index contributed by atoms with van der Waals surface area (Å²) in [7, 11) is -1.48. The molecule has 11 heteroatoms. The fraction of sp³-hybridized carbons (Fsp3) is 0.440. The number of hydrogen-bond acceptors (Lipinski definition) is 5. The molecule has 0 fully saturated rings. The Kier molecular flexibility index (Phi) is 10.2. The molecular weight excluding hydrogens is 514 g/mol. The molecule has 0 heterocycles. The Morgan fingerprint density at radius 1 is 0.778 bits per heavy atom. The van der Waals surface area contributed by atoms with E-state index in [-0.39, 0.29) is 11.0 Å². The van der Waals surface area contributed by atoms with Gasteiger partial charge in [-0.05, 0) is 63.8 Å². The second-order valence-corrected chi connectivity index (χ2v) is 13.2. The third-order valence-electron chi connectivity index (χ3n) is 5.12. The second kappa shape index (κ2) is 11.5. The summed E-state index contributed by atoms with van der Waals surface area (Å²) in [6, 6.07) is 8.14. The number of halogens is 3. The van der Waals surface area contributed by atoms with E-state index in [1.54, 1.807) is 0 Å². The molecule has 2 rings (SSSR count). The molecule has 200 valence electrons. The number of hydrogen-bond donors (Lipinski definition) is 0. The number of nitrogens with zero attached hydrogens (tertiary/aromatic N) is 1. The molecule has 0 saturated carbocycles. The summed E-state index contributed by atoms with van der Waals surface area (Å²) in [4.78, 5) is 27.4. The SMILES string of the molecule is Cc1cc(C)c(C(=O)P(C[N+](C)(C)C)C(=O)c2c(C)cc(C)cc2C)c(C)c1.O=S(=O)([O-])C(F)(F)F. The predicted octanol–water partition coefficient (Wildman–Crippen LogP) is 5.71. The molecule has 6 nitrogen and oxygen atoms in total. The van der Waals surface area contributed by atoms with Crippen molar-refractivity contribution < 1.29 is 40.2 Å². The second-order valence-electron chi connectivity index (χ2n) is 9.92. The number of benzene rings is 2. The minimum Gasteiger partial charge on any atom is -0.741 e. The third-order valence-corrected chi connectivity index (χ3v) is 8.25. The molecule has 0 aromatic heterocycles. The van der Waals surface area contributed by atoms with Crippen LogP contribution in [0.15, 0.2) is 24.3 Å². The fourth-order valence-corrected chi connectivity index (χ4v) is 6.48. The van der Waals surface area contributed by atoms with E-state index in [0.29, 0.717) is 10.8 Å². The molecule has 0 aliphatic heterocycles. The van der Waals surface area contributed by atoms with Crippen molar-refractivity contribution in [1.82, 2.24) is 0 Å². The highest BCUT2D eigenvalue weighted by Gasteiger charge is 2.37. The first-order chi connectivity index (χ1) is 16.1. The van der Waals surface area contributed by atoms with Crippen molar-refractivity contribution in [2.45, 2.75) is 47.1 Å². The average molecular weight is 548 g/mol. The van der Waals surface area contributed by atoms with Crippen molar-refractivity contribution in [2.75, 3.05) is 27.4 Å². The molecule has 2 aromatic carbocycles. The van der Waals surface area contributed by atoms with Crippen LogP contribution in [0.5, 0.6) is 0 Å². The number of aryl methyl sites for hydroxylation is 6. The van der Waals surface area contributed by atoms with Gasteiger partial charge >= 0.3 is 5.51 Å². The van der Waals surface area contributed by atoms with Crippen molar-refractivity contribution in [3.05, 3.63) is 68.8 Å². The van der Waals surface area contributed by atoms with Gasteiger partial charge in [0.2, 0.25) is 0 Å². The highest BCUT2D eigenvalue weighted by atomic mass is 32.2. The Morgan fingerprint density at radius 3 is 1.22 bits per heavy atom. The van der Waals surface area contributed by atoms with Gasteiger partial charge in [0.15, 0.2) is 21.2 Å². The van der Waals surface area contributed by atoms with Gasteiger partial charge in [-0.15, -0.1) is 0 Å². The quantitative estimate of drug-likeness (QED) is 0.200. The highest BCUT2D eigenvalue weighted by molar-refractivity contribution is 7.90. The highest BCUT2D eigenvalue weighted by Crippen LogP contribution is 2.47. The van der Waals surface area contributed by atoms with Gasteiger partial charge in [0.05, 0.1) is 21.1 Å². The molecule has 0 amide bonds. The molecule has 36 heavy (non-hydrogen) atoms. The zero-order valence-electron chi connectivity index (χ0n) is 22.0. The van der Waals surface area contributed by atoms with Crippen molar-refractivity contribution >= 4 is 29.1 Å². The Morgan fingerprint density at radius 2 is 1.03 bits per heavy atom. The summed E-state index contributed by atoms with van der Waals surface area (Å²) in [6.07, 6.45) is 0.534. The molecule has 0 aliphatic rings. The zero-order valence-corrected chi connectivity index (χ0v) is 23.7. The minimum atomic E-state index is -6.09. The molecule has 0 atom stereocenters. The Labute approximate surface area is 212 Å². The van der Waals surface area contributed by atoms with Crippen LogP contribution in [-0.4, -0.2) is 61.4 Å². The van der Waals surface area contributed by atoms with Crippen molar-refractivity contribution in [2.24, 2.45) is 0 Å². The van der Waals surface area contributed by atoms with Crippen molar-refractivity contribution in [1.29, 1.82) is 0 Å². The van der Waals surface area contributed by atoms with Gasteiger partial charge in [-0.2, -0.15) is 13.2 Å². The van der Waals surface area contributed by atoms with Gasteiger partial charge in [-0.1, -0.05) is 35.4 Å². The topological polar surface area (TPSA) is 91.3 Å². The summed E-state index contributed by atoms with van der Waals surface area (Å²) in [6.45, 7) is 12.0. The molecule has 0 N–H and O–H groups in total. The van der Waals surface area contributed by atoms with E-state index in [9.17, 15) is 22.8 Å². The summed E-state index contributed by atoms with van der Waals surface area (Å²) in [5.41, 5.74) is 1.92. The maximum absolute atomic E-state index is 13.7. The van der Waals surface area contributed by atoms with Crippen LogP contribution in [0, 0.1) is 41.5 Å². The standard InChI is InChI=1S/C24H33NO2P.CHF3O3S/c1-15-10-17(3)21(18(4)11-15)23(26)28(14-25(7,8)9)24(27)22-19(5)12-16(2)13-20(22)6;2-1(3,4)8(5,6)7/h10-13H,14H2,1-9H3;(H,5,6,7)/q+1;/p-1. The number of carbonyl (C=O) groups excluding carboxylic acids is 2. The first-order valence-electron chi connectivity index (χ1n) is 10.9. The van der Waals surface area contributed by atoms with E-state index >= 15 is 0 Å². The van der Waals surface area contributed by atoms with E-state index in [1.807, 2.05) is 87.0 Å². The third kappa shape index (κ3) is 8.47. The van der Waals surface area contributed by atoms with Gasteiger partial charge < -0.3 is 9.04 Å². The van der Waals surface area contributed by atoms with Crippen molar-refractivity contribution in [3.8, 4) is 0 Å². The molecule has 0 spiro atoms. The van der Waals surface area contributed by atoms with Crippen LogP contribution in [0.2, 0.25) is 0 Å². The Bertz CT molecular complexity index is 1150. The zero-order chi connectivity index (χ0) is 28.4. The molecular formula is C25H33F3NO5PS. The monoisotopic (exact) mass is 547 g/mol. The Hall–Kier alpha value is -2.13. The molecule has 0 radical (unpaired) electrons. The molecule has 0 aliphatic carbocycles. The van der Waals surface area contributed by atoms with Crippen LogP contribution in [0.3, 0.4) is 0 Å². The lowest BCUT2D eigenvalue weighted by atomic mass is 10.0. The van der Waals surface area contributed by atoms with E-state index < -0.39 is 23.5 Å². The lowest BCUT2D eigenvalue weighted by molar-refractivity contribution is -0.857. The predicted molar refractivity (Wildman–Crippen MR) is 136 cm³/mol. The van der Waals surface area contributed by atoms with Crippen LogP contribution in [0.4, 0.5) is 13.2 Å². The molecule has 2 aromatic rings. The molecule has 0 bridgehead atoms. The average Bonchev–Trinajstić information content (AvgIpc) is 2.62. The lowest BCUT2D eigenvalue weighted by Crippen LogP contribution is -2.36. The molecule has 0 saturated heterocycles. The van der Waals surface area contributed by atoms with Crippen LogP contribution in [0.25, 0.3) is 0 Å². The van der Waals surface area contributed by atoms with Gasteiger partial charge in [0, 0.05) is 11.1 Å².